The van der Waals surface area contributed by atoms with Crippen LogP contribution in [0.1, 0.15) is 76.1 Å². The molecule has 39 heavy (non-hydrogen) atoms. The first-order valence-corrected chi connectivity index (χ1v) is 13.6. The van der Waals surface area contributed by atoms with Crippen LogP contribution in [0.4, 0.5) is 0 Å². The van der Waals surface area contributed by atoms with Crippen LogP contribution in [0.15, 0.2) is 25.0 Å². The normalized spacial score (nSPS) is 13.3. The third-order valence-electron chi connectivity index (χ3n) is 6.34. The van der Waals surface area contributed by atoms with E-state index in [1.165, 1.54) is 44.5 Å². The molecular formula is C26H42N8O5. The highest BCUT2D eigenvalue weighted by atomic mass is 16.3. The van der Waals surface area contributed by atoms with E-state index in [4.69, 9.17) is 5.73 Å². The summed E-state index contributed by atoms with van der Waals surface area (Å²) in [5.74, 6) is -2.48. The topological polar surface area (TPSA) is 208 Å². The number of amides is 4. The van der Waals surface area contributed by atoms with E-state index in [1.54, 1.807) is 6.20 Å². The highest BCUT2D eigenvalue weighted by Crippen LogP contribution is 2.10. The number of hydrogen-bond acceptors (Lipinski definition) is 7. The van der Waals surface area contributed by atoms with Crippen molar-refractivity contribution in [1.82, 2.24) is 35.9 Å². The highest BCUT2D eigenvalue weighted by molar-refractivity contribution is 5.94. The van der Waals surface area contributed by atoms with Gasteiger partial charge in [0.15, 0.2) is 0 Å². The van der Waals surface area contributed by atoms with Gasteiger partial charge in [0, 0.05) is 43.0 Å². The molecule has 0 spiro atoms. The number of aliphatic hydroxyl groups is 1. The van der Waals surface area contributed by atoms with Crippen LogP contribution < -0.4 is 21.7 Å². The molecule has 13 heteroatoms. The van der Waals surface area contributed by atoms with Crippen molar-refractivity contribution in [2.75, 3.05) is 6.61 Å². The second-order valence-electron chi connectivity index (χ2n) is 9.61. The molecule has 0 saturated heterocycles. The third kappa shape index (κ3) is 12.1. The van der Waals surface area contributed by atoms with E-state index < -0.39 is 42.5 Å². The number of carbonyl (C=O) groups is 4. The Hall–Kier alpha value is -3.74. The zero-order valence-corrected chi connectivity index (χ0v) is 22.6. The Morgan fingerprint density at radius 1 is 0.795 bits per heavy atom. The molecular weight excluding hydrogens is 504 g/mol. The molecule has 4 amide bonds. The van der Waals surface area contributed by atoms with Gasteiger partial charge in [-0.3, -0.25) is 19.2 Å². The lowest BCUT2D eigenvalue weighted by Gasteiger charge is -2.24. The van der Waals surface area contributed by atoms with Gasteiger partial charge in [0.2, 0.25) is 23.6 Å². The summed E-state index contributed by atoms with van der Waals surface area (Å²) in [7, 11) is 0. The molecule has 216 valence electrons. The first kappa shape index (κ1) is 31.5. The number of imidazole rings is 2. The number of primary amides is 1. The number of H-pyrrole nitrogens is 2. The summed E-state index contributed by atoms with van der Waals surface area (Å²) in [4.78, 5) is 64.2. The fourth-order valence-electron chi connectivity index (χ4n) is 4.09. The molecule has 2 aromatic heterocycles. The standard InChI is InChI=1S/C26H42N8O5/c1-2-3-4-5-6-7-8-9-10-23(36)32-20(11-18-13-28-16-30-18)25(38)33-21(12-19-14-29-17-31-19)26(39)34-22(15-35)24(27)37/h13-14,16-17,20-22,35H,2-12,15H2,1H3,(H2,27,37)(H,28,30)(H,29,31)(H,32,36)(H,33,38)(H,34,39)/t20-,21-,22-/m0/s1. The molecule has 3 atom stereocenters. The lowest BCUT2D eigenvalue weighted by Crippen LogP contribution is -2.58. The Labute approximate surface area is 228 Å². The van der Waals surface area contributed by atoms with E-state index in [2.05, 4.69) is 42.8 Å². The van der Waals surface area contributed by atoms with Gasteiger partial charge in [0.25, 0.3) is 0 Å². The number of nitrogens with one attached hydrogen (secondary N) is 5. The van der Waals surface area contributed by atoms with Gasteiger partial charge < -0.3 is 36.8 Å². The summed E-state index contributed by atoms with van der Waals surface area (Å²) >= 11 is 0. The quantitative estimate of drug-likeness (QED) is 0.116. The summed E-state index contributed by atoms with van der Waals surface area (Å²) < 4.78 is 0. The van der Waals surface area contributed by atoms with Crippen molar-refractivity contribution in [3.63, 3.8) is 0 Å². The molecule has 0 aliphatic rings. The van der Waals surface area contributed by atoms with Gasteiger partial charge in [-0.15, -0.1) is 0 Å². The number of unbranched alkanes of at least 4 members (excludes halogenated alkanes) is 7. The fourth-order valence-corrected chi connectivity index (χ4v) is 4.09. The van der Waals surface area contributed by atoms with Gasteiger partial charge in [0.05, 0.1) is 19.3 Å². The second kappa shape index (κ2) is 17.7. The van der Waals surface area contributed by atoms with Crippen molar-refractivity contribution >= 4 is 23.6 Å². The maximum Gasteiger partial charge on any atom is 0.243 e. The first-order valence-electron chi connectivity index (χ1n) is 13.6. The average Bonchev–Trinajstić information content (AvgIpc) is 3.62. The van der Waals surface area contributed by atoms with Crippen LogP contribution in [0.3, 0.4) is 0 Å². The van der Waals surface area contributed by atoms with Crippen molar-refractivity contribution in [3.05, 3.63) is 36.4 Å². The predicted molar refractivity (Wildman–Crippen MR) is 144 cm³/mol. The van der Waals surface area contributed by atoms with Crippen LogP contribution >= 0.6 is 0 Å². The van der Waals surface area contributed by atoms with Crippen LogP contribution in [-0.2, 0) is 32.0 Å². The number of aromatic nitrogens is 4. The third-order valence-corrected chi connectivity index (χ3v) is 6.34. The fraction of sp³-hybridized carbons (Fsp3) is 0.615. The molecule has 0 saturated carbocycles. The van der Waals surface area contributed by atoms with E-state index in [0.717, 1.165) is 25.7 Å². The molecule has 0 fully saturated rings. The number of carbonyl (C=O) groups excluding carboxylic acids is 4. The van der Waals surface area contributed by atoms with E-state index in [1.807, 2.05) is 0 Å². The first-order chi connectivity index (χ1) is 18.8. The maximum absolute atomic E-state index is 13.3. The van der Waals surface area contributed by atoms with Crippen molar-refractivity contribution in [1.29, 1.82) is 0 Å². The molecule has 0 bridgehead atoms. The van der Waals surface area contributed by atoms with Crippen molar-refractivity contribution < 1.29 is 24.3 Å². The zero-order chi connectivity index (χ0) is 28.5. The molecule has 2 aromatic rings. The molecule has 2 rings (SSSR count). The molecule has 0 aromatic carbocycles. The molecule has 0 aliphatic heterocycles. The maximum atomic E-state index is 13.3. The molecule has 2 heterocycles. The number of aliphatic hydroxyl groups excluding tert-OH is 1. The monoisotopic (exact) mass is 546 g/mol. The largest absolute Gasteiger partial charge is 0.394 e. The number of aromatic amines is 2. The van der Waals surface area contributed by atoms with E-state index in [0.29, 0.717) is 11.4 Å². The summed E-state index contributed by atoms with van der Waals surface area (Å²) in [5.41, 5.74) is 6.41. The van der Waals surface area contributed by atoms with Crippen molar-refractivity contribution in [2.24, 2.45) is 5.73 Å². The van der Waals surface area contributed by atoms with Gasteiger partial charge in [0.1, 0.15) is 18.1 Å². The summed E-state index contributed by atoms with van der Waals surface area (Å²) in [6, 6.07) is -3.43. The molecule has 0 radical (unpaired) electrons. The Morgan fingerprint density at radius 2 is 1.28 bits per heavy atom. The molecule has 8 N–H and O–H groups in total. The van der Waals surface area contributed by atoms with Crippen LogP contribution in [0.5, 0.6) is 0 Å². The van der Waals surface area contributed by atoms with Crippen LogP contribution in [0, 0.1) is 0 Å². The molecule has 0 aliphatic carbocycles. The minimum atomic E-state index is -1.31. The van der Waals surface area contributed by atoms with Crippen molar-refractivity contribution in [2.45, 2.75) is 95.7 Å². The summed E-state index contributed by atoms with van der Waals surface area (Å²) in [5, 5.41) is 17.2. The Kier molecular flexibility index (Phi) is 14.3. The van der Waals surface area contributed by atoms with E-state index in [9.17, 15) is 24.3 Å². The minimum absolute atomic E-state index is 0.0253. The number of nitrogens with zero attached hydrogens (tertiary/aromatic N) is 2. The number of hydrogen-bond donors (Lipinski definition) is 7. The molecule has 13 nitrogen and oxygen atoms in total. The summed E-state index contributed by atoms with van der Waals surface area (Å²) in [6.45, 7) is 1.49. The van der Waals surface area contributed by atoms with Crippen LogP contribution in [0.25, 0.3) is 0 Å². The Balaban J connectivity index is 2.01. The van der Waals surface area contributed by atoms with Crippen LogP contribution in [-0.4, -0.2) is 73.4 Å². The smallest absolute Gasteiger partial charge is 0.243 e. The van der Waals surface area contributed by atoms with E-state index >= 15 is 0 Å². The van der Waals surface area contributed by atoms with Gasteiger partial charge >= 0.3 is 0 Å². The molecule has 0 unspecified atom stereocenters. The van der Waals surface area contributed by atoms with Gasteiger partial charge in [-0.05, 0) is 6.42 Å². The average molecular weight is 547 g/mol. The second-order valence-corrected chi connectivity index (χ2v) is 9.61. The van der Waals surface area contributed by atoms with Gasteiger partial charge in [-0.2, -0.15) is 0 Å². The highest BCUT2D eigenvalue weighted by Gasteiger charge is 2.29. The number of nitrogens with two attached hydrogens (primary N) is 1. The number of rotatable bonds is 20. The van der Waals surface area contributed by atoms with Gasteiger partial charge in [-0.25, -0.2) is 9.97 Å². The Bertz CT molecular complexity index is 996. The minimum Gasteiger partial charge on any atom is -0.394 e. The SMILES string of the molecule is CCCCCCCCCCC(=O)N[C@@H](Cc1cnc[nH]1)C(=O)N[C@@H](Cc1cnc[nH]1)C(=O)N[C@@H](CO)C(N)=O. The lowest BCUT2D eigenvalue weighted by atomic mass is 10.1. The predicted octanol–water partition coefficient (Wildman–Crippen LogP) is 0.381. The van der Waals surface area contributed by atoms with E-state index in [-0.39, 0.29) is 25.2 Å². The lowest BCUT2D eigenvalue weighted by molar-refractivity contribution is -0.133. The van der Waals surface area contributed by atoms with Gasteiger partial charge in [-0.1, -0.05) is 51.9 Å². The summed E-state index contributed by atoms with van der Waals surface area (Å²) in [6.07, 6.45) is 15.2. The Morgan fingerprint density at radius 3 is 1.74 bits per heavy atom. The van der Waals surface area contributed by atoms with Crippen molar-refractivity contribution in [3.8, 4) is 0 Å². The van der Waals surface area contributed by atoms with Crippen LogP contribution in [0.2, 0.25) is 0 Å². The zero-order valence-electron chi connectivity index (χ0n) is 22.6.